The molecular formula is C13H17Br2NO2S. The van der Waals surface area contributed by atoms with Gasteiger partial charge in [0.1, 0.15) is 0 Å². The van der Waals surface area contributed by atoms with Crippen LogP contribution in [0.1, 0.15) is 25.7 Å². The van der Waals surface area contributed by atoms with Gasteiger partial charge in [-0.3, -0.25) is 0 Å². The van der Waals surface area contributed by atoms with Gasteiger partial charge in [0.2, 0.25) is 10.0 Å². The molecule has 0 radical (unpaired) electrons. The normalized spacial score (nSPS) is 24.3. The predicted octanol–water partition coefficient (Wildman–Crippen LogP) is 3.68. The number of halogens is 2. The molecule has 1 fully saturated rings. The molecular weight excluding hydrogens is 394 g/mol. The van der Waals surface area contributed by atoms with Crippen molar-refractivity contribution in [2.24, 2.45) is 5.92 Å². The summed E-state index contributed by atoms with van der Waals surface area (Å²) in [6, 6.07) is 6.85. The smallest absolute Gasteiger partial charge is 0.208 e. The van der Waals surface area contributed by atoms with Crippen molar-refractivity contribution in [2.45, 2.75) is 36.6 Å². The zero-order valence-corrected chi connectivity index (χ0v) is 14.5. The maximum atomic E-state index is 12.4. The number of rotatable bonds is 4. The number of alkyl halides is 1. The Hall–Kier alpha value is 0.0900. The van der Waals surface area contributed by atoms with E-state index in [1.165, 1.54) is 6.42 Å². The lowest BCUT2D eigenvalue weighted by Crippen LogP contribution is -2.42. The van der Waals surface area contributed by atoms with Gasteiger partial charge in [-0.2, -0.15) is 0 Å². The lowest BCUT2D eigenvalue weighted by Gasteiger charge is -2.30. The first-order chi connectivity index (χ1) is 9.03. The van der Waals surface area contributed by atoms with Crippen LogP contribution in [0.5, 0.6) is 0 Å². The minimum Gasteiger partial charge on any atom is -0.208 e. The molecule has 0 bridgehead atoms. The summed E-state index contributed by atoms with van der Waals surface area (Å²) in [6.45, 7) is 0. The van der Waals surface area contributed by atoms with E-state index < -0.39 is 10.0 Å². The second kappa shape index (κ2) is 6.70. The van der Waals surface area contributed by atoms with Gasteiger partial charge in [-0.15, -0.1) is 0 Å². The second-order valence-corrected chi connectivity index (χ2v) is 8.16. The van der Waals surface area contributed by atoms with Crippen LogP contribution in [0.25, 0.3) is 0 Å². The highest BCUT2D eigenvalue weighted by molar-refractivity contribution is 9.10. The Balaban J connectivity index is 2.16. The standard InChI is InChI=1S/C13H17Br2NO2S/c14-9-10-4-1-2-7-13(10)16-19(17,18)12-6-3-5-11(15)8-12/h3,5-6,8,10,13,16H,1-2,4,7,9H2. The maximum Gasteiger partial charge on any atom is 0.240 e. The van der Waals surface area contributed by atoms with Gasteiger partial charge in [0.05, 0.1) is 4.90 Å². The molecule has 2 rings (SSSR count). The molecule has 2 atom stereocenters. The number of sulfonamides is 1. The molecule has 1 aromatic carbocycles. The fourth-order valence-corrected chi connectivity index (χ4v) is 5.16. The van der Waals surface area contributed by atoms with Crippen molar-refractivity contribution < 1.29 is 8.42 Å². The molecule has 106 valence electrons. The molecule has 1 N–H and O–H groups in total. The summed E-state index contributed by atoms with van der Waals surface area (Å²) in [7, 11) is -3.43. The van der Waals surface area contributed by atoms with Gasteiger partial charge in [0.25, 0.3) is 0 Å². The lowest BCUT2D eigenvalue weighted by molar-refractivity contribution is 0.316. The van der Waals surface area contributed by atoms with E-state index in [2.05, 4.69) is 36.6 Å². The third-order valence-corrected chi connectivity index (χ3v) is 6.33. The third-order valence-electron chi connectivity index (χ3n) is 3.52. The molecule has 1 aliphatic carbocycles. The van der Waals surface area contributed by atoms with E-state index in [0.29, 0.717) is 10.8 Å². The molecule has 19 heavy (non-hydrogen) atoms. The van der Waals surface area contributed by atoms with Crippen LogP contribution in [-0.4, -0.2) is 19.8 Å². The summed E-state index contributed by atoms with van der Waals surface area (Å²) in [5.74, 6) is 0.385. The lowest BCUT2D eigenvalue weighted by atomic mass is 9.87. The first kappa shape index (κ1) is 15.5. The number of hydrogen-bond acceptors (Lipinski definition) is 2. The van der Waals surface area contributed by atoms with Crippen LogP contribution >= 0.6 is 31.9 Å². The summed E-state index contributed by atoms with van der Waals surface area (Å²) in [4.78, 5) is 0.320. The van der Waals surface area contributed by atoms with Crippen molar-refractivity contribution in [1.82, 2.24) is 4.72 Å². The van der Waals surface area contributed by atoms with Gasteiger partial charge in [-0.05, 0) is 37.0 Å². The summed E-state index contributed by atoms with van der Waals surface area (Å²) < 4.78 is 28.4. The summed E-state index contributed by atoms with van der Waals surface area (Å²) in [5, 5.41) is 0.846. The van der Waals surface area contributed by atoms with Gasteiger partial charge >= 0.3 is 0 Å². The summed E-state index contributed by atoms with van der Waals surface area (Å²) in [5.41, 5.74) is 0. The molecule has 0 aliphatic heterocycles. The topological polar surface area (TPSA) is 46.2 Å². The largest absolute Gasteiger partial charge is 0.240 e. The van der Waals surface area contributed by atoms with E-state index >= 15 is 0 Å². The molecule has 1 aromatic rings. The van der Waals surface area contributed by atoms with E-state index in [9.17, 15) is 8.42 Å². The van der Waals surface area contributed by atoms with Crippen molar-refractivity contribution in [3.8, 4) is 0 Å². The van der Waals surface area contributed by atoms with Crippen LogP contribution in [0.4, 0.5) is 0 Å². The van der Waals surface area contributed by atoms with Crippen LogP contribution in [0.15, 0.2) is 33.6 Å². The quantitative estimate of drug-likeness (QED) is 0.769. The fourth-order valence-electron chi connectivity index (χ4n) is 2.45. The monoisotopic (exact) mass is 409 g/mol. The van der Waals surface area contributed by atoms with Crippen molar-refractivity contribution in [3.05, 3.63) is 28.7 Å². The highest BCUT2D eigenvalue weighted by Gasteiger charge is 2.28. The second-order valence-electron chi connectivity index (χ2n) is 4.88. The summed E-state index contributed by atoms with van der Waals surface area (Å²) in [6.07, 6.45) is 4.28. The van der Waals surface area contributed by atoms with E-state index in [0.717, 1.165) is 29.1 Å². The molecule has 1 aliphatic rings. The molecule has 0 saturated heterocycles. The number of benzene rings is 1. The zero-order chi connectivity index (χ0) is 13.9. The van der Waals surface area contributed by atoms with E-state index in [1.54, 1.807) is 18.2 Å². The molecule has 1 saturated carbocycles. The third kappa shape index (κ3) is 4.03. The summed E-state index contributed by atoms with van der Waals surface area (Å²) >= 11 is 6.79. The highest BCUT2D eigenvalue weighted by atomic mass is 79.9. The average molecular weight is 411 g/mol. The first-order valence-electron chi connectivity index (χ1n) is 6.37. The molecule has 0 spiro atoms. The van der Waals surface area contributed by atoms with Crippen molar-refractivity contribution in [1.29, 1.82) is 0 Å². The van der Waals surface area contributed by atoms with E-state index in [-0.39, 0.29) is 6.04 Å². The van der Waals surface area contributed by atoms with Gasteiger partial charge < -0.3 is 0 Å². The molecule has 3 nitrogen and oxygen atoms in total. The van der Waals surface area contributed by atoms with E-state index in [1.807, 2.05) is 6.07 Å². The van der Waals surface area contributed by atoms with Crippen molar-refractivity contribution >= 4 is 41.9 Å². The molecule has 0 heterocycles. The highest BCUT2D eigenvalue weighted by Crippen LogP contribution is 2.27. The van der Waals surface area contributed by atoms with Crippen LogP contribution in [0.2, 0.25) is 0 Å². The Morgan fingerprint density at radius 3 is 2.68 bits per heavy atom. The maximum absolute atomic E-state index is 12.4. The van der Waals surface area contributed by atoms with Gasteiger partial charge in [0.15, 0.2) is 0 Å². The predicted molar refractivity (Wildman–Crippen MR) is 84.0 cm³/mol. The SMILES string of the molecule is O=S(=O)(NC1CCCCC1CBr)c1cccc(Br)c1. The van der Waals surface area contributed by atoms with Gasteiger partial charge in [-0.25, -0.2) is 13.1 Å². The fraction of sp³-hybridized carbons (Fsp3) is 0.538. The Labute approximate surface area is 131 Å². The van der Waals surface area contributed by atoms with Crippen LogP contribution in [-0.2, 0) is 10.0 Å². The Morgan fingerprint density at radius 2 is 2.00 bits per heavy atom. The molecule has 0 amide bonds. The van der Waals surface area contributed by atoms with Crippen LogP contribution < -0.4 is 4.72 Å². The van der Waals surface area contributed by atoms with Crippen LogP contribution in [0, 0.1) is 5.92 Å². The van der Waals surface area contributed by atoms with Gasteiger partial charge in [0, 0.05) is 15.8 Å². The molecule has 2 unspecified atom stereocenters. The van der Waals surface area contributed by atoms with Crippen molar-refractivity contribution in [2.75, 3.05) is 5.33 Å². The number of hydrogen-bond donors (Lipinski definition) is 1. The Bertz CT molecular complexity index is 533. The number of nitrogens with one attached hydrogen (secondary N) is 1. The Morgan fingerprint density at radius 1 is 1.26 bits per heavy atom. The van der Waals surface area contributed by atoms with E-state index in [4.69, 9.17) is 0 Å². The van der Waals surface area contributed by atoms with Gasteiger partial charge in [-0.1, -0.05) is 50.8 Å². The molecule has 6 heteroatoms. The minimum absolute atomic E-state index is 0.0390. The van der Waals surface area contributed by atoms with Crippen LogP contribution in [0.3, 0.4) is 0 Å². The van der Waals surface area contributed by atoms with Crippen molar-refractivity contribution in [3.63, 3.8) is 0 Å². The minimum atomic E-state index is -3.43. The molecule has 0 aromatic heterocycles. The first-order valence-corrected chi connectivity index (χ1v) is 9.76. The zero-order valence-electron chi connectivity index (χ0n) is 10.5. The average Bonchev–Trinajstić information content (AvgIpc) is 2.39. The Kier molecular flexibility index (Phi) is 5.45.